The minimum absolute atomic E-state index is 0.0729. The van der Waals surface area contributed by atoms with Gasteiger partial charge in [0.2, 0.25) is 5.91 Å². The summed E-state index contributed by atoms with van der Waals surface area (Å²) in [6.45, 7) is 2.66. The number of rotatable bonds is 2. The first-order valence-corrected chi connectivity index (χ1v) is 8.00. The number of aromatic amines is 1. The SMILES string of the molecule is Cc1cccc2ncc(-c3ccc(C4CCNC4=O)c(=O)[nH]3)cc12. The zero-order valence-electron chi connectivity index (χ0n) is 13.3. The number of amides is 1. The van der Waals surface area contributed by atoms with Gasteiger partial charge in [-0.15, -0.1) is 0 Å². The van der Waals surface area contributed by atoms with E-state index in [0.29, 0.717) is 24.2 Å². The van der Waals surface area contributed by atoms with Gasteiger partial charge in [-0.2, -0.15) is 0 Å². The normalized spacial score (nSPS) is 17.2. The second kappa shape index (κ2) is 5.60. The predicted octanol–water partition coefficient (Wildman–Crippen LogP) is 2.50. The third-order valence-electron chi connectivity index (χ3n) is 4.62. The van der Waals surface area contributed by atoms with Gasteiger partial charge < -0.3 is 10.3 Å². The third-order valence-corrected chi connectivity index (χ3v) is 4.62. The van der Waals surface area contributed by atoms with Crippen molar-refractivity contribution in [1.82, 2.24) is 15.3 Å². The van der Waals surface area contributed by atoms with Crippen LogP contribution in [0.2, 0.25) is 0 Å². The molecule has 5 heteroatoms. The van der Waals surface area contributed by atoms with Gasteiger partial charge in [0, 0.05) is 34.9 Å². The van der Waals surface area contributed by atoms with Crippen LogP contribution in [0.25, 0.3) is 22.2 Å². The average molecular weight is 319 g/mol. The monoisotopic (exact) mass is 319 g/mol. The Morgan fingerprint density at radius 2 is 2.04 bits per heavy atom. The molecule has 1 atom stereocenters. The molecule has 120 valence electrons. The fourth-order valence-corrected chi connectivity index (χ4v) is 3.26. The second-order valence-electron chi connectivity index (χ2n) is 6.15. The number of benzene rings is 1. The fraction of sp³-hybridized carbons (Fsp3) is 0.211. The van der Waals surface area contributed by atoms with Crippen LogP contribution in [0.4, 0.5) is 0 Å². The number of H-pyrrole nitrogens is 1. The van der Waals surface area contributed by atoms with E-state index in [9.17, 15) is 9.59 Å². The summed E-state index contributed by atoms with van der Waals surface area (Å²) in [5.41, 5.74) is 3.96. The number of pyridine rings is 2. The Kier molecular flexibility index (Phi) is 3.41. The van der Waals surface area contributed by atoms with Crippen LogP contribution in [0.1, 0.15) is 23.5 Å². The van der Waals surface area contributed by atoms with E-state index in [0.717, 1.165) is 22.0 Å². The molecule has 2 N–H and O–H groups in total. The zero-order valence-corrected chi connectivity index (χ0v) is 13.3. The van der Waals surface area contributed by atoms with Gasteiger partial charge in [0.05, 0.1) is 11.4 Å². The molecular formula is C19H17N3O2. The van der Waals surface area contributed by atoms with Crippen LogP contribution in [0.15, 0.2) is 47.4 Å². The lowest BCUT2D eigenvalue weighted by Crippen LogP contribution is -2.23. The van der Waals surface area contributed by atoms with Gasteiger partial charge in [0.1, 0.15) is 0 Å². The first-order valence-electron chi connectivity index (χ1n) is 8.00. The predicted molar refractivity (Wildman–Crippen MR) is 92.9 cm³/mol. The number of carbonyl (C=O) groups is 1. The van der Waals surface area contributed by atoms with Crippen molar-refractivity contribution in [2.75, 3.05) is 6.54 Å². The summed E-state index contributed by atoms with van der Waals surface area (Å²) in [6.07, 6.45) is 2.42. The van der Waals surface area contributed by atoms with Gasteiger partial charge in [-0.3, -0.25) is 14.6 Å². The van der Waals surface area contributed by atoms with E-state index in [-0.39, 0.29) is 17.4 Å². The minimum Gasteiger partial charge on any atom is -0.356 e. The number of carbonyl (C=O) groups excluding carboxylic acids is 1. The van der Waals surface area contributed by atoms with Crippen LogP contribution in [-0.4, -0.2) is 22.4 Å². The van der Waals surface area contributed by atoms with Crippen molar-refractivity contribution in [2.24, 2.45) is 0 Å². The van der Waals surface area contributed by atoms with Crippen molar-refractivity contribution >= 4 is 16.8 Å². The first kappa shape index (κ1) is 14.6. The highest BCUT2D eigenvalue weighted by Gasteiger charge is 2.27. The summed E-state index contributed by atoms with van der Waals surface area (Å²) in [6, 6.07) is 11.6. The van der Waals surface area contributed by atoms with Gasteiger partial charge in [-0.1, -0.05) is 18.2 Å². The minimum atomic E-state index is -0.347. The summed E-state index contributed by atoms with van der Waals surface area (Å²) in [7, 11) is 0. The third kappa shape index (κ3) is 2.38. The van der Waals surface area contributed by atoms with E-state index in [1.807, 2.05) is 37.3 Å². The first-order chi connectivity index (χ1) is 11.6. The molecule has 0 bridgehead atoms. The highest BCUT2D eigenvalue weighted by molar-refractivity contribution is 5.86. The maximum Gasteiger partial charge on any atom is 0.252 e. The van der Waals surface area contributed by atoms with Crippen LogP contribution in [0, 0.1) is 6.92 Å². The molecule has 5 nitrogen and oxygen atoms in total. The number of aryl methyl sites for hydroxylation is 1. The molecule has 0 radical (unpaired) electrons. The Balaban J connectivity index is 1.77. The number of nitrogens with zero attached hydrogens (tertiary/aromatic N) is 1. The number of hydrogen-bond donors (Lipinski definition) is 2. The molecule has 24 heavy (non-hydrogen) atoms. The lowest BCUT2D eigenvalue weighted by molar-refractivity contribution is -0.120. The van der Waals surface area contributed by atoms with Gasteiger partial charge in [-0.05, 0) is 37.1 Å². The van der Waals surface area contributed by atoms with E-state index in [4.69, 9.17) is 0 Å². The van der Waals surface area contributed by atoms with Crippen LogP contribution in [0.5, 0.6) is 0 Å². The van der Waals surface area contributed by atoms with Crippen LogP contribution >= 0.6 is 0 Å². The highest BCUT2D eigenvalue weighted by Crippen LogP contribution is 2.25. The smallest absolute Gasteiger partial charge is 0.252 e. The average Bonchev–Trinajstić information content (AvgIpc) is 3.01. The van der Waals surface area contributed by atoms with E-state index >= 15 is 0 Å². The Morgan fingerprint density at radius 1 is 1.17 bits per heavy atom. The molecule has 2 aromatic heterocycles. The van der Waals surface area contributed by atoms with Gasteiger partial charge in [0.15, 0.2) is 0 Å². The molecule has 0 spiro atoms. The van der Waals surface area contributed by atoms with Crippen LogP contribution < -0.4 is 10.9 Å². The van der Waals surface area contributed by atoms with Crippen molar-refractivity contribution in [3.8, 4) is 11.3 Å². The Labute approximate surface area is 138 Å². The van der Waals surface area contributed by atoms with Gasteiger partial charge in [-0.25, -0.2) is 0 Å². The number of aromatic nitrogens is 2. The molecule has 1 aromatic carbocycles. The number of fused-ring (bicyclic) bond motifs is 1. The maximum absolute atomic E-state index is 12.4. The lowest BCUT2D eigenvalue weighted by atomic mass is 9.98. The Morgan fingerprint density at radius 3 is 2.79 bits per heavy atom. The molecule has 4 rings (SSSR count). The van der Waals surface area contributed by atoms with Crippen molar-refractivity contribution in [2.45, 2.75) is 19.3 Å². The van der Waals surface area contributed by atoms with Gasteiger partial charge >= 0.3 is 0 Å². The topological polar surface area (TPSA) is 74.8 Å². The van der Waals surface area contributed by atoms with Crippen molar-refractivity contribution in [3.05, 3.63) is 64.1 Å². The molecule has 0 saturated carbocycles. The summed E-state index contributed by atoms with van der Waals surface area (Å²) >= 11 is 0. The number of hydrogen-bond acceptors (Lipinski definition) is 3. The lowest BCUT2D eigenvalue weighted by Gasteiger charge is -2.09. The maximum atomic E-state index is 12.4. The molecule has 1 unspecified atom stereocenters. The second-order valence-corrected chi connectivity index (χ2v) is 6.15. The van der Waals surface area contributed by atoms with E-state index < -0.39 is 0 Å². The molecule has 3 aromatic rings. The molecule has 0 aliphatic carbocycles. The largest absolute Gasteiger partial charge is 0.356 e. The molecule has 1 saturated heterocycles. The fourth-order valence-electron chi connectivity index (χ4n) is 3.26. The zero-order chi connectivity index (χ0) is 16.7. The quantitative estimate of drug-likeness (QED) is 0.762. The summed E-state index contributed by atoms with van der Waals surface area (Å²) in [5, 5.41) is 3.83. The molecule has 1 aliphatic heterocycles. The molecule has 1 fully saturated rings. The Bertz CT molecular complexity index is 1010. The van der Waals surface area contributed by atoms with Crippen molar-refractivity contribution in [1.29, 1.82) is 0 Å². The summed E-state index contributed by atoms with van der Waals surface area (Å²) < 4.78 is 0. The number of nitrogens with one attached hydrogen (secondary N) is 2. The Hall–Kier alpha value is -2.95. The molecule has 3 heterocycles. The summed E-state index contributed by atoms with van der Waals surface area (Å²) in [4.78, 5) is 31.6. The van der Waals surface area contributed by atoms with E-state index in [1.165, 1.54) is 0 Å². The molecule has 1 amide bonds. The van der Waals surface area contributed by atoms with Gasteiger partial charge in [0.25, 0.3) is 5.56 Å². The molecular weight excluding hydrogens is 302 g/mol. The van der Waals surface area contributed by atoms with E-state index in [2.05, 4.69) is 15.3 Å². The van der Waals surface area contributed by atoms with Crippen LogP contribution in [-0.2, 0) is 4.79 Å². The van der Waals surface area contributed by atoms with Crippen molar-refractivity contribution < 1.29 is 4.79 Å². The summed E-state index contributed by atoms with van der Waals surface area (Å²) in [5.74, 6) is -0.420. The highest BCUT2D eigenvalue weighted by atomic mass is 16.2. The van der Waals surface area contributed by atoms with Crippen LogP contribution in [0.3, 0.4) is 0 Å². The molecule has 1 aliphatic rings. The van der Waals surface area contributed by atoms with Crippen molar-refractivity contribution in [3.63, 3.8) is 0 Å². The van der Waals surface area contributed by atoms with E-state index in [1.54, 1.807) is 12.3 Å². The standard InChI is InChI=1S/C19H17N3O2/c1-11-3-2-4-17-15(11)9-12(10-21-17)16-6-5-13(19(24)22-16)14-7-8-20-18(14)23/h2-6,9-10,14H,7-8H2,1H3,(H,20,23)(H,22,24).